The number of hydrogen-bond acceptors (Lipinski definition) is 4. The molecule has 1 atom stereocenters. The third-order valence-electron chi connectivity index (χ3n) is 6.32. The average Bonchev–Trinajstić information content (AvgIpc) is 3.31. The van der Waals surface area contributed by atoms with Gasteiger partial charge in [0.05, 0.1) is 6.10 Å². The van der Waals surface area contributed by atoms with Gasteiger partial charge in [0, 0.05) is 53.0 Å². The highest BCUT2D eigenvalue weighted by Crippen LogP contribution is 2.20. The van der Waals surface area contributed by atoms with Crippen molar-refractivity contribution < 1.29 is 14.3 Å². The number of rotatable bonds is 8. The number of nitrogens with one attached hydrogen (secondary N) is 1. The van der Waals surface area contributed by atoms with Crippen LogP contribution in [0.2, 0.25) is 0 Å². The number of carbonyl (C=O) groups excluding carboxylic acids is 1. The largest absolute Gasteiger partial charge is 0.378 e. The summed E-state index contributed by atoms with van der Waals surface area (Å²) in [6, 6.07) is 0. The topological polar surface area (TPSA) is 66.4 Å². The number of aliphatic imine (C=N–C) groups is 1. The molecule has 8 heteroatoms. The summed E-state index contributed by atoms with van der Waals surface area (Å²) in [6.45, 7) is 5.71. The number of halogens is 1. The molecule has 3 rings (SSSR count). The molecule has 1 aliphatic carbocycles. The minimum absolute atomic E-state index is 0. The molecule has 7 nitrogen and oxygen atoms in total. The van der Waals surface area contributed by atoms with E-state index in [0.717, 1.165) is 77.6 Å². The molecular weight excluding hydrogens is 495 g/mol. The Morgan fingerprint density at radius 2 is 1.73 bits per heavy atom. The van der Waals surface area contributed by atoms with Crippen LogP contribution in [0.3, 0.4) is 0 Å². The van der Waals surface area contributed by atoms with Gasteiger partial charge in [-0.05, 0) is 44.9 Å². The van der Waals surface area contributed by atoms with E-state index in [9.17, 15) is 4.79 Å². The molecule has 0 aromatic rings. The summed E-state index contributed by atoms with van der Waals surface area (Å²) in [7, 11) is 1.84. The SMILES string of the molecule is CN=C(NCCCCCOC1CCCCC1)N1CCN(C(=O)C2CCCO2)CC1.I. The van der Waals surface area contributed by atoms with Crippen molar-refractivity contribution >= 4 is 35.8 Å². The molecule has 30 heavy (non-hydrogen) atoms. The minimum Gasteiger partial charge on any atom is -0.378 e. The standard InChI is InChI=1S/C22H40N4O3.HI/c1-23-22(24-12-6-3-7-17-28-19-9-4-2-5-10-19)26-15-13-25(14-16-26)21(27)20-11-8-18-29-20;/h19-20H,2-18H2,1H3,(H,23,24);1H. The van der Waals surface area contributed by atoms with Gasteiger partial charge in [0.1, 0.15) is 6.10 Å². The molecule has 1 unspecified atom stereocenters. The van der Waals surface area contributed by atoms with Crippen molar-refractivity contribution in [3.8, 4) is 0 Å². The second kappa shape index (κ2) is 14.5. The number of guanidine groups is 1. The lowest BCUT2D eigenvalue weighted by atomic mass is 9.98. The normalized spacial score (nSPS) is 23.4. The zero-order valence-corrected chi connectivity index (χ0v) is 21.0. The number of carbonyl (C=O) groups is 1. The number of nitrogens with zero attached hydrogens (tertiary/aromatic N) is 3. The van der Waals surface area contributed by atoms with Crippen LogP contribution >= 0.6 is 24.0 Å². The molecule has 1 N–H and O–H groups in total. The van der Waals surface area contributed by atoms with Crippen molar-refractivity contribution in [2.24, 2.45) is 4.99 Å². The Hall–Kier alpha value is -0.610. The molecular formula is C22H41IN4O3. The smallest absolute Gasteiger partial charge is 0.251 e. The number of hydrogen-bond donors (Lipinski definition) is 1. The van der Waals surface area contributed by atoms with E-state index >= 15 is 0 Å². The lowest BCUT2D eigenvalue weighted by Gasteiger charge is -2.37. The Kier molecular flexibility index (Phi) is 12.4. The molecule has 2 saturated heterocycles. The van der Waals surface area contributed by atoms with Crippen molar-refractivity contribution in [3.05, 3.63) is 0 Å². The van der Waals surface area contributed by atoms with Gasteiger partial charge in [-0.25, -0.2) is 0 Å². The summed E-state index contributed by atoms with van der Waals surface area (Å²) in [5.41, 5.74) is 0. The van der Waals surface area contributed by atoms with Gasteiger partial charge in [-0.15, -0.1) is 24.0 Å². The molecule has 174 valence electrons. The molecule has 2 heterocycles. The minimum atomic E-state index is -0.207. The number of piperazine rings is 1. The fourth-order valence-electron chi connectivity index (χ4n) is 4.53. The molecule has 0 aromatic heterocycles. The van der Waals surface area contributed by atoms with E-state index in [0.29, 0.717) is 6.10 Å². The van der Waals surface area contributed by atoms with Crippen LogP contribution in [0.1, 0.15) is 64.2 Å². The lowest BCUT2D eigenvalue weighted by molar-refractivity contribution is -0.142. The van der Waals surface area contributed by atoms with Crippen LogP contribution in [0.25, 0.3) is 0 Å². The van der Waals surface area contributed by atoms with Gasteiger partial charge >= 0.3 is 0 Å². The van der Waals surface area contributed by atoms with E-state index in [1.807, 2.05) is 11.9 Å². The van der Waals surface area contributed by atoms with Crippen molar-refractivity contribution in [3.63, 3.8) is 0 Å². The first-order valence-corrected chi connectivity index (χ1v) is 11.8. The first-order chi connectivity index (χ1) is 14.3. The van der Waals surface area contributed by atoms with Crippen molar-refractivity contribution in [1.82, 2.24) is 15.1 Å². The molecule has 3 aliphatic rings. The van der Waals surface area contributed by atoms with E-state index in [1.54, 1.807) is 0 Å². The molecule has 3 fully saturated rings. The van der Waals surface area contributed by atoms with Gasteiger partial charge in [-0.1, -0.05) is 19.3 Å². The second-order valence-corrected chi connectivity index (χ2v) is 8.48. The highest BCUT2D eigenvalue weighted by atomic mass is 127. The van der Waals surface area contributed by atoms with Crippen LogP contribution in [0.5, 0.6) is 0 Å². The fourth-order valence-corrected chi connectivity index (χ4v) is 4.53. The molecule has 0 spiro atoms. The monoisotopic (exact) mass is 536 g/mol. The van der Waals surface area contributed by atoms with Crippen LogP contribution in [-0.4, -0.2) is 86.9 Å². The Morgan fingerprint density at radius 3 is 2.40 bits per heavy atom. The summed E-state index contributed by atoms with van der Waals surface area (Å²) in [4.78, 5) is 21.1. The maximum Gasteiger partial charge on any atom is 0.251 e. The maximum atomic E-state index is 12.5. The van der Waals surface area contributed by atoms with Crippen LogP contribution in [-0.2, 0) is 14.3 Å². The van der Waals surface area contributed by atoms with Gasteiger partial charge < -0.3 is 24.6 Å². The molecule has 1 amide bonds. The molecule has 1 saturated carbocycles. The number of ether oxygens (including phenoxy) is 2. The van der Waals surface area contributed by atoms with E-state index in [2.05, 4.69) is 15.2 Å². The van der Waals surface area contributed by atoms with Crippen molar-refractivity contribution in [2.45, 2.75) is 76.4 Å². The summed E-state index contributed by atoms with van der Waals surface area (Å²) >= 11 is 0. The first-order valence-electron chi connectivity index (χ1n) is 11.8. The predicted octanol–water partition coefficient (Wildman–Crippen LogP) is 3.02. The van der Waals surface area contributed by atoms with Gasteiger partial charge in [0.2, 0.25) is 0 Å². The Labute approximate surface area is 199 Å². The molecule has 0 radical (unpaired) electrons. The Balaban J connectivity index is 0.00000320. The van der Waals surface area contributed by atoms with Gasteiger partial charge in [0.25, 0.3) is 5.91 Å². The summed E-state index contributed by atoms with van der Waals surface area (Å²) < 4.78 is 11.5. The quantitative estimate of drug-likeness (QED) is 0.224. The fraction of sp³-hybridized carbons (Fsp3) is 0.909. The van der Waals surface area contributed by atoms with Crippen LogP contribution in [0, 0.1) is 0 Å². The third-order valence-corrected chi connectivity index (χ3v) is 6.32. The molecule has 0 aromatic carbocycles. The maximum absolute atomic E-state index is 12.5. The highest BCUT2D eigenvalue weighted by molar-refractivity contribution is 14.0. The third kappa shape index (κ3) is 8.15. The van der Waals surface area contributed by atoms with E-state index in [4.69, 9.17) is 9.47 Å². The van der Waals surface area contributed by atoms with Crippen LogP contribution in [0.15, 0.2) is 4.99 Å². The summed E-state index contributed by atoms with van der Waals surface area (Å²) in [5.74, 6) is 1.12. The van der Waals surface area contributed by atoms with Gasteiger partial charge in [-0.3, -0.25) is 9.79 Å². The van der Waals surface area contributed by atoms with E-state index < -0.39 is 0 Å². The lowest BCUT2D eigenvalue weighted by Crippen LogP contribution is -2.55. The van der Waals surface area contributed by atoms with E-state index in [1.165, 1.54) is 38.5 Å². The zero-order chi connectivity index (χ0) is 20.3. The van der Waals surface area contributed by atoms with Crippen LogP contribution < -0.4 is 5.32 Å². The van der Waals surface area contributed by atoms with Gasteiger partial charge in [0.15, 0.2) is 5.96 Å². The van der Waals surface area contributed by atoms with Crippen molar-refractivity contribution in [1.29, 1.82) is 0 Å². The second-order valence-electron chi connectivity index (χ2n) is 8.48. The zero-order valence-electron chi connectivity index (χ0n) is 18.7. The number of amides is 1. The average molecular weight is 536 g/mol. The van der Waals surface area contributed by atoms with Crippen LogP contribution in [0.4, 0.5) is 0 Å². The Bertz CT molecular complexity index is 515. The summed E-state index contributed by atoms with van der Waals surface area (Å²) in [5, 5.41) is 3.49. The van der Waals surface area contributed by atoms with E-state index in [-0.39, 0.29) is 36.0 Å². The Morgan fingerprint density at radius 1 is 1.00 bits per heavy atom. The molecule has 0 bridgehead atoms. The predicted molar refractivity (Wildman–Crippen MR) is 131 cm³/mol. The summed E-state index contributed by atoms with van der Waals surface area (Å²) in [6.07, 6.45) is 12.2. The highest BCUT2D eigenvalue weighted by Gasteiger charge is 2.30. The number of unbranched alkanes of at least 4 members (excludes halogenated alkanes) is 2. The van der Waals surface area contributed by atoms with Crippen molar-refractivity contribution in [2.75, 3.05) is 53.0 Å². The molecule has 2 aliphatic heterocycles. The first kappa shape index (κ1) is 25.6. The van der Waals surface area contributed by atoms with Gasteiger partial charge in [-0.2, -0.15) is 0 Å².